The van der Waals surface area contributed by atoms with Crippen molar-refractivity contribution in [2.24, 2.45) is 11.1 Å². The van der Waals surface area contributed by atoms with E-state index >= 15 is 0 Å². The van der Waals surface area contributed by atoms with E-state index in [1.54, 1.807) is 6.21 Å². The van der Waals surface area contributed by atoms with Crippen LogP contribution in [0.1, 0.15) is 69.9 Å². The maximum atomic E-state index is 11.6. The molecule has 0 N–H and O–H groups in total. The molecule has 0 saturated carbocycles. The summed E-state index contributed by atoms with van der Waals surface area (Å²) in [4.78, 5) is 16.5. The molecule has 0 heterocycles. The molecule has 128 valence electrons. The average Bonchev–Trinajstić information content (AvgIpc) is 2.53. The van der Waals surface area contributed by atoms with Crippen molar-refractivity contribution in [1.29, 1.82) is 0 Å². The number of hydrogen-bond donors (Lipinski definition) is 0. The van der Waals surface area contributed by atoms with E-state index in [0.717, 1.165) is 19.3 Å². The molecule has 1 unspecified atom stereocenters. The lowest BCUT2D eigenvalue weighted by molar-refractivity contribution is -0.143. The van der Waals surface area contributed by atoms with Gasteiger partial charge in [-0.3, -0.25) is 0 Å². The van der Waals surface area contributed by atoms with Gasteiger partial charge in [0.1, 0.15) is 0 Å². The van der Waals surface area contributed by atoms with E-state index in [1.807, 2.05) is 0 Å². The zero-order chi connectivity index (χ0) is 16.9. The third-order valence-corrected chi connectivity index (χ3v) is 3.88. The van der Waals surface area contributed by atoms with Crippen LogP contribution in [0.3, 0.4) is 0 Å². The first-order valence-electron chi connectivity index (χ1n) is 8.90. The molecule has 0 aliphatic carbocycles. The van der Waals surface area contributed by atoms with Gasteiger partial charge in [-0.25, -0.2) is 4.79 Å². The fraction of sp³-hybridized carbons (Fsp3) is 0.600. The molecule has 3 nitrogen and oxygen atoms in total. The Morgan fingerprint density at radius 3 is 2.48 bits per heavy atom. The molecular formula is C20H31NO2. The number of aryl methyl sites for hydroxylation is 1. The van der Waals surface area contributed by atoms with Crippen LogP contribution >= 0.6 is 0 Å². The highest BCUT2D eigenvalue weighted by molar-refractivity contribution is 5.70. The molecule has 3 heteroatoms. The van der Waals surface area contributed by atoms with Gasteiger partial charge in [0.25, 0.3) is 0 Å². The van der Waals surface area contributed by atoms with Crippen molar-refractivity contribution in [2.45, 2.75) is 72.1 Å². The molecular weight excluding hydrogens is 286 g/mol. The third-order valence-electron chi connectivity index (χ3n) is 3.88. The molecule has 0 radical (unpaired) electrons. The molecule has 1 atom stereocenters. The van der Waals surface area contributed by atoms with Gasteiger partial charge in [-0.2, -0.15) is 0 Å². The first-order valence-corrected chi connectivity index (χ1v) is 8.90. The van der Waals surface area contributed by atoms with Gasteiger partial charge in [0.2, 0.25) is 0 Å². The molecule has 0 aromatic heterocycles. The minimum Gasteiger partial charge on any atom is -0.319 e. The van der Waals surface area contributed by atoms with E-state index in [-0.39, 0.29) is 11.9 Å². The SMILES string of the molecule is CCCCCCCCC(=O)ON=CC(C)Cc1ccc(C)cc1. The number of rotatable bonds is 11. The van der Waals surface area contributed by atoms with Crippen molar-refractivity contribution in [3.05, 3.63) is 35.4 Å². The summed E-state index contributed by atoms with van der Waals surface area (Å²) in [7, 11) is 0. The lowest BCUT2D eigenvalue weighted by Gasteiger charge is -2.05. The van der Waals surface area contributed by atoms with Gasteiger partial charge in [0.05, 0.1) is 0 Å². The van der Waals surface area contributed by atoms with Crippen LogP contribution in [0.5, 0.6) is 0 Å². The number of unbranched alkanes of at least 4 members (excludes halogenated alkanes) is 5. The van der Waals surface area contributed by atoms with E-state index in [1.165, 1.54) is 36.8 Å². The van der Waals surface area contributed by atoms with Gasteiger partial charge in [0, 0.05) is 12.6 Å². The largest absolute Gasteiger partial charge is 0.334 e. The molecule has 0 spiro atoms. The normalized spacial score (nSPS) is 12.5. The number of oxime groups is 1. The number of carbonyl (C=O) groups excluding carboxylic acids is 1. The van der Waals surface area contributed by atoms with Crippen molar-refractivity contribution < 1.29 is 9.63 Å². The Bertz CT molecular complexity index is 465. The van der Waals surface area contributed by atoms with Crippen LogP contribution in [0.2, 0.25) is 0 Å². The van der Waals surface area contributed by atoms with Crippen molar-refractivity contribution in [3.8, 4) is 0 Å². The fourth-order valence-electron chi connectivity index (χ4n) is 2.44. The summed E-state index contributed by atoms with van der Waals surface area (Å²) in [5.74, 6) is 0.0267. The van der Waals surface area contributed by atoms with Crippen molar-refractivity contribution in [3.63, 3.8) is 0 Å². The average molecular weight is 317 g/mol. The molecule has 1 aromatic rings. The maximum Gasteiger partial charge on any atom is 0.334 e. The standard InChI is InChI=1S/C20H31NO2/c1-4-5-6-7-8-9-10-20(22)23-21-16-18(3)15-19-13-11-17(2)12-14-19/h11-14,16,18H,4-10,15H2,1-3H3. The van der Waals surface area contributed by atoms with E-state index in [9.17, 15) is 4.79 Å². The monoisotopic (exact) mass is 317 g/mol. The lowest BCUT2D eigenvalue weighted by Crippen LogP contribution is -2.04. The van der Waals surface area contributed by atoms with E-state index in [4.69, 9.17) is 4.84 Å². The highest BCUT2D eigenvalue weighted by Crippen LogP contribution is 2.09. The maximum absolute atomic E-state index is 11.6. The Balaban J connectivity index is 2.14. The summed E-state index contributed by atoms with van der Waals surface area (Å²) in [6.45, 7) is 6.36. The van der Waals surface area contributed by atoms with Crippen LogP contribution in [0.15, 0.2) is 29.4 Å². The first kappa shape index (κ1) is 19.4. The number of nitrogens with zero attached hydrogens (tertiary/aromatic N) is 1. The predicted molar refractivity (Wildman–Crippen MR) is 96.6 cm³/mol. The molecule has 0 saturated heterocycles. The third kappa shape index (κ3) is 9.88. The van der Waals surface area contributed by atoms with Crippen LogP contribution in [-0.4, -0.2) is 12.2 Å². The minimum atomic E-state index is -0.223. The summed E-state index contributed by atoms with van der Waals surface area (Å²) in [6, 6.07) is 8.48. The summed E-state index contributed by atoms with van der Waals surface area (Å²) < 4.78 is 0. The Hall–Kier alpha value is -1.64. The Labute approximate surface area is 141 Å². The second-order valence-corrected chi connectivity index (χ2v) is 6.40. The van der Waals surface area contributed by atoms with Gasteiger partial charge in [-0.15, -0.1) is 0 Å². The summed E-state index contributed by atoms with van der Waals surface area (Å²) in [5, 5.41) is 3.84. The van der Waals surface area contributed by atoms with Gasteiger partial charge in [0.15, 0.2) is 0 Å². The van der Waals surface area contributed by atoms with Crippen molar-refractivity contribution >= 4 is 12.2 Å². The van der Waals surface area contributed by atoms with Gasteiger partial charge in [-0.1, -0.05) is 80.9 Å². The molecule has 1 rings (SSSR count). The predicted octanol–water partition coefficient (Wildman–Crippen LogP) is 5.45. The molecule has 0 fully saturated rings. The van der Waals surface area contributed by atoms with Crippen LogP contribution in [-0.2, 0) is 16.1 Å². The zero-order valence-electron chi connectivity index (χ0n) is 14.9. The van der Waals surface area contributed by atoms with Crippen LogP contribution in [0.25, 0.3) is 0 Å². The van der Waals surface area contributed by atoms with E-state index in [0.29, 0.717) is 6.42 Å². The Morgan fingerprint density at radius 1 is 1.13 bits per heavy atom. The van der Waals surface area contributed by atoms with E-state index < -0.39 is 0 Å². The molecule has 23 heavy (non-hydrogen) atoms. The van der Waals surface area contributed by atoms with Crippen molar-refractivity contribution in [2.75, 3.05) is 0 Å². The Kier molecular flexibility index (Phi) is 10.0. The highest BCUT2D eigenvalue weighted by atomic mass is 16.7. The van der Waals surface area contributed by atoms with Crippen LogP contribution in [0, 0.1) is 12.8 Å². The Morgan fingerprint density at radius 2 is 1.78 bits per heavy atom. The van der Waals surface area contributed by atoms with Gasteiger partial charge in [-0.05, 0) is 31.2 Å². The van der Waals surface area contributed by atoms with Gasteiger partial charge >= 0.3 is 5.97 Å². The van der Waals surface area contributed by atoms with Crippen molar-refractivity contribution in [1.82, 2.24) is 0 Å². The zero-order valence-corrected chi connectivity index (χ0v) is 14.9. The molecule has 0 aliphatic rings. The minimum absolute atomic E-state index is 0.223. The summed E-state index contributed by atoms with van der Waals surface area (Å²) >= 11 is 0. The number of benzene rings is 1. The van der Waals surface area contributed by atoms with Crippen LogP contribution in [0.4, 0.5) is 0 Å². The van der Waals surface area contributed by atoms with E-state index in [2.05, 4.69) is 50.2 Å². The fourth-order valence-corrected chi connectivity index (χ4v) is 2.44. The highest BCUT2D eigenvalue weighted by Gasteiger charge is 2.04. The van der Waals surface area contributed by atoms with Crippen LogP contribution < -0.4 is 0 Å². The second kappa shape index (κ2) is 11.9. The first-order chi connectivity index (χ1) is 11.1. The molecule has 0 aliphatic heterocycles. The molecule has 1 aromatic carbocycles. The smallest absolute Gasteiger partial charge is 0.319 e. The summed E-state index contributed by atoms with van der Waals surface area (Å²) in [6.07, 6.45) is 10.1. The number of carbonyl (C=O) groups is 1. The molecule has 0 amide bonds. The topological polar surface area (TPSA) is 38.7 Å². The summed E-state index contributed by atoms with van der Waals surface area (Å²) in [5.41, 5.74) is 2.53. The lowest BCUT2D eigenvalue weighted by atomic mass is 10.0. The quantitative estimate of drug-likeness (QED) is 0.235. The second-order valence-electron chi connectivity index (χ2n) is 6.40. The molecule has 0 bridgehead atoms. The number of hydrogen-bond acceptors (Lipinski definition) is 3. The van der Waals surface area contributed by atoms with Gasteiger partial charge < -0.3 is 4.84 Å².